The topological polar surface area (TPSA) is 43.6 Å². The molecule has 4 heteroatoms. The van der Waals surface area contributed by atoms with E-state index in [4.69, 9.17) is 4.74 Å². The minimum absolute atomic E-state index is 0.332. The fraction of sp³-hybridized carbons (Fsp3) is 0.263. The molecular formula is C19H20N2O2. The maximum Gasteiger partial charge on any atom is 0.357 e. The molecule has 3 rings (SSSR count). The second kappa shape index (κ2) is 6.24. The van der Waals surface area contributed by atoms with Crippen LogP contribution in [0.3, 0.4) is 0 Å². The van der Waals surface area contributed by atoms with Gasteiger partial charge in [-0.15, -0.1) is 0 Å². The van der Waals surface area contributed by atoms with Crippen LogP contribution in [0.15, 0.2) is 42.6 Å². The molecular weight excluding hydrogens is 288 g/mol. The lowest BCUT2D eigenvalue weighted by molar-refractivity contribution is 0.0498. The summed E-state index contributed by atoms with van der Waals surface area (Å²) in [5, 5.41) is 0. The van der Waals surface area contributed by atoms with Gasteiger partial charge in [-0.25, -0.2) is 9.78 Å². The molecule has 0 radical (unpaired) electrons. The number of benzene rings is 1. The van der Waals surface area contributed by atoms with E-state index in [2.05, 4.69) is 4.98 Å². The van der Waals surface area contributed by atoms with Crippen LogP contribution in [0.4, 0.5) is 0 Å². The van der Waals surface area contributed by atoms with Crippen LogP contribution in [-0.2, 0) is 4.74 Å². The highest BCUT2D eigenvalue weighted by molar-refractivity contribution is 5.96. The summed E-state index contributed by atoms with van der Waals surface area (Å²) in [6.07, 6.45) is 2.74. The Kier molecular flexibility index (Phi) is 4.15. The van der Waals surface area contributed by atoms with E-state index in [1.807, 2.05) is 67.8 Å². The van der Waals surface area contributed by atoms with E-state index in [9.17, 15) is 4.79 Å². The molecule has 0 N–H and O–H groups in total. The third-order valence-electron chi connectivity index (χ3n) is 3.91. The second-order valence-electron chi connectivity index (χ2n) is 5.68. The van der Waals surface area contributed by atoms with Crippen LogP contribution in [0.25, 0.3) is 16.9 Å². The Balaban J connectivity index is 2.23. The Morgan fingerprint density at radius 1 is 1.17 bits per heavy atom. The smallest absolute Gasteiger partial charge is 0.357 e. The van der Waals surface area contributed by atoms with E-state index in [1.54, 1.807) is 0 Å². The van der Waals surface area contributed by atoms with Crippen molar-refractivity contribution >= 4 is 11.6 Å². The average Bonchev–Trinajstić information content (AvgIpc) is 2.92. The minimum atomic E-state index is -0.332. The SMILES string of the molecule is CCCOC(=O)c1c(-c2ccccc2)nc2cc(C)c(C)cn12. The number of aryl methyl sites for hydroxylation is 2. The van der Waals surface area contributed by atoms with Gasteiger partial charge in [0.1, 0.15) is 11.3 Å². The van der Waals surface area contributed by atoms with Crippen LogP contribution in [0.2, 0.25) is 0 Å². The summed E-state index contributed by atoms with van der Waals surface area (Å²) < 4.78 is 7.21. The molecule has 0 amide bonds. The zero-order valence-electron chi connectivity index (χ0n) is 13.7. The molecule has 118 valence electrons. The standard InChI is InChI=1S/C19H20N2O2/c1-4-10-23-19(22)18-17(15-8-6-5-7-9-15)20-16-11-13(2)14(3)12-21(16)18/h5-9,11-12H,4,10H2,1-3H3. The van der Waals surface area contributed by atoms with Gasteiger partial charge in [0.2, 0.25) is 0 Å². The molecule has 0 saturated carbocycles. The van der Waals surface area contributed by atoms with Crippen LogP contribution >= 0.6 is 0 Å². The number of nitrogens with zero attached hydrogens (tertiary/aromatic N) is 2. The number of ether oxygens (including phenoxy) is 1. The van der Waals surface area contributed by atoms with Crippen LogP contribution in [0, 0.1) is 13.8 Å². The summed E-state index contributed by atoms with van der Waals surface area (Å²) >= 11 is 0. The van der Waals surface area contributed by atoms with Crippen molar-refractivity contribution in [3.8, 4) is 11.3 Å². The molecule has 0 bridgehead atoms. The number of imidazole rings is 1. The molecule has 0 saturated heterocycles. The number of esters is 1. The van der Waals surface area contributed by atoms with Crippen LogP contribution in [-0.4, -0.2) is 22.0 Å². The van der Waals surface area contributed by atoms with Crippen molar-refractivity contribution in [2.45, 2.75) is 27.2 Å². The van der Waals surface area contributed by atoms with E-state index >= 15 is 0 Å². The number of hydrogen-bond donors (Lipinski definition) is 0. The van der Waals surface area contributed by atoms with Gasteiger partial charge in [0.05, 0.1) is 6.61 Å². The van der Waals surface area contributed by atoms with Gasteiger partial charge in [-0.05, 0) is 37.5 Å². The lowest BCUT2D eigenvalue weighted by Crippen LogP contribution is -2.10. The number of carbonyl (C=O) groups is 1. The fourth-order valence-corrected chi connectivity index (χ4v) is 2.54. The van der Waals surface area contributed by atoms with Gasteiger partial charge >= 0.3 is 5.97 Å². The van der Waals surface area contributed by atoms with E-state index in [0.717, 1.165) is 28.8 Å². The van der Waals surface area contributed by atoms with E-state index in [1.165, 1.54) is 0 Å². The van der Waals surface area contributed by atoms with Crippen LogP contribution < -0.4 is 0 Å². The molecule has 0 aliphatic rings. The minimum Gasteiger partial charge on any atom is -0.461 e. The average molecular weight is 308 g/mol. The van der Waals surface area contributed by atoms with Crippen LogP contribution in [0.1, 0.15) is 35.0 Å². The monoisotopic (exact) mass is 308 g/mol. The maximum atomic E-state index is 12.6. The molecule has 0 unspecified atom stereocenters. The third-order valence-corrected chi connectivity index (χ3v) is 3.91. The summed E-state index contributed by atoms with van der Waals surface area (Å²) in [4.78, 5) is 17.3. The quantitative estimate of drug-likeness (QED) is 0.679. The Bertz CT molecular complexity index is 851. The Morgan fingerprint density at radius 3 is 2.61 bits per heavy atom. The Labute approximate surface area is 135 Å². The molecule has 2 heterocycles. The molecule has 0 atom stereocenters. The summed E-state index contributed by atoms with van der Waals surface area (Å²) in [6, 6.07) is 11.7. The first-order valence-electron chi connectivity index (χ1n) is 7.83. The first-order chi connectivity index (χ1) is 11.1. The Hall–Kier alpha value is -2.62. The molecule has 2 aromatic heterocycles. The van der Waals surface area contributed by atoms with Crippen molar-refractivity contribution in [3.63, 3.8) is 0 Å². The van der Waals surface area contributed by atoms with Crippen molar-refractivity contribution < 1.29 is 9.53 Å². The fourth-order valence-electron chi connectivity index (χ4n) is 2.54. The molecule has 1 aromatic carbocycles. The Morgan fingerprint density at radius 2 is 1.91 bits per heavy atom. The van der Waals surface area contributed by atoms with Crippen molar-refractivity contribution in [2.75, 3.05) is 6.61 Å². The van der Waals surface area contributed by atoms with Gasteiger partial charge in [-0.1, -0.05) is 37.3 Å². The van der Waals surface area contributed by atoms with Crippen molar-refractivity contribution in [2.24, 2.45) is 0 Å². The molecule has 4 nitrogen and oxygen atoms in total. The van der Waals surface area contributed by atoms with Gasteiger partial charge in [0, 0.05) is 11.8 Å². The number of fused-ring (bicyclic) bond motifs is 1. The number of hydrogen-bond acceptors (Lipinski definition) is 3. The zero-order chi connectivity index (χ0) is 16.4. The first-order valence-corrected chi connectivity index (χ1v) is 7.83. The van der Waals surface area contributed by atoms with E-state index < -0.39 is 0 Å². The van der Waals surface area contributed by atoms with Crippen molar-refractivity contribution in [1.29, 1.82) is 0 Å². The van der Waals surface area contributed by atoms with Crippen molar-refractivity contribution in [1.82, 2.24) is 9.38 Å². The third kappa shape index (κ3) is 2.84. The van der Waals surface area contributed by atoms with Gasteiger partial charge < -0.3 is 4.74 Å². The van der Waals surface area contributed by atoms with Gasteiger partial charge in [0.25, 0.3) is 0 Å². The van der Waals surface area contributed by atoms with Gasteiger partial charge in [0.15, 0.2) is 5.69 Å². The zero-order valence-corrected chi connectivity index (χ0v) is 13.7. The highest BCUT2D eigenvalue weighted by Crippen LogP contribution is 2.26. The molecule has 0 aliphatic heterocycles. The molecule has 23 heavy (non-hydrogen) atoms. The van der Waals surface area contributed by atoms with E-state index in [0.29, 0.717) is 18.0 Å². The lowest BCUT2D eigenvalue weighted by Gasteiger charge is -2.07. The lowest BCUT2D eigenvalue weighted by atomic mass is 10.1. The maximum absolute atomic E-state index is 12.6. The highest BCUT2D eigenvalue weighted by atomic mass is 16.5. The summed E-state index contributed by atoms with van der Waals surface area (Å²) in [7, 11) is 0. The largest absolute Gasteiger partial charge is 0.461 e. The predicted molar refractivity (Wildman–Crippen MR) is 90.7 cm³/mol. The summed E-state index contributed by atoms with van der Waals surface area (Å²) in [6.45, 7) is 6.46. The van der Waals surface area contributed by atoms with E-state index in [-0.39, 0.29) is 5.97 Å². The van der Waals surface area contributed by atoms with Gasteiger partial charge in [-0.3, -0.25) is 4.40 Å². The number of rotatable bonds is 4. The molecule has 3 aromatic rings. The normalized spacial score (nSPS) is 10.9. The van der Waals surface area contributed by atoms with Crippen LogP contribution in [0.5, 0.6) is 0 Å². The summed E-state index contributed by atoms with van der Waals surface area (Å²) in [5.41, 5.74) is 5.08. The second-order valence-corrected chi connectivity index (χ2v) is 5.68. The van der Waals surface area contributed by atoms with Crippen molar-refractivity contribution in [3.05, 3.63) is 59.4 Å². The summed E-state index contributed by atoms with van der Waals surface area (Å²) in [5.74, 6) is -0.332. The number of pyridine rings is 1. The molecule has 0 fully saturated rings. The number of carbonyl (C=O) groups excluding carboxylic acids is 1. The molecule has 0 aliphatic carbocycles. The van der Waals surface area contributed by atoms with Gasteiger partial charge in [-0.2, -0.15) is 0 Å². The predicted octanol–water partition coefficient (Wildman–Crippen LogP) is 4.18. The number of aromatic nitrogens is 2. The highest BCUT2D eigenvalue weighted by Gasteiger charge is 2.22. The molecule has 0 spiro atoms. The first kappa shape index (κ1) is 15.3.